The summed E-state index contributed by atoms with van der Waals surface area (Å²) in [5, 5.41) is 2.80. The summed E-state index contributed by atoms with van der Waals surface area (Å²) in [6.45, 7) is 5.66. The fraction of sp³-hybridized carbons (Fsp3) is 0.400. The first-order valence-electron chi connectivity index (χ1n) is 8.87. The number of hydrogen-bond acceptors (Lipinski definition) is 3. The molecular formula is C20H23FN2O3. The van der Waals surface area contributed by atoms with E-state index in [-0.39, 0.29) is 22.9 Å². The molecule has 1 amide bonds. The lowest BCUT2D eigenvalue weighted by molar-refractivity contribution is 0.0937. The lowest BCUT2D eigenvalue weighted by Gasteiger charge is -2.17. The molecule has 1 N–H and O–H groups in total. The zero-order chi connectivity index (χ0) is 18.8. The van der Waals surface area contributed by atoms with Crippen LogP contribution in [0.1, 0.15) is 60.3 Å². The molecule has 1 unspecified atom stereocenters. The van der Waals surface area contributed by atoms with Gasteiger partial charge in [0.1, 0.15) is 5.56 Å². The quantitative estimate of drug-likeness (QED) is 0.859. The van der Waals surface area contributed by atoms with Gasteiger partial charge in [0.25, 0.3) is 11.5 Å². The lowest BCUT2D eigenvalue weighted by atomic mass is 10.1. The van der Waals surface area contributed by atoms with Gasteiger partial charge in [0.05, 0.1) is 12.6 Å². The van der Waals surface area contributed by atoms with E-state index in [9.17, 15) is 14.0 Å². The van der Waals surface area contributed by atoms with Gasteiger partial charge in [-0.3, -0.25) is 9.59 Å². The molecule has 1 heterocycles. The monoisotopic (exact) mass is 358 g/mol. The van der Waals surface area contributed by atoms with E-state index in [4.69, 9.17) is 4.74 Å². The number of aryl methyl sites for hydroxylation is 1. The molecule has 1 aliphatic rings. The fourth-order valence-electron chi connectivity index (χ4n) is 2.97. The minimum Gasteiger partial charge on any atom is -0.491 e. The highest BCUT2D eigenvalue weighted by Gasteiger charge is 2.27. The summed E-state index contributed by atoms with van der Waals surface area (Å²) < 4.78 is 20.9. The molecule has 0 aliphatic heterocycles. The molecule has 0 spiro atoms. The predicted octanol–water partition coefficient (Wildman–Crippen LogP) is 3.52. The standard InChI is InChI=1S/C20H23FN2O3/c1-4-26-17-8-5-14(11-16(17)21)13(3)22-19(24)18-12(2)9-10-23(20(18)25)15-6-7-15/h5,8-11,13,15H,4,6-7H2,1-3H3,(H,22,24). The highest BCUT2D eigenvalue weighted by Crippen LogP contribution is 2.33. The van der Waals surface area contributed by atoms with Gasteiger partial charge in [-0.05, 0) is 62.9 Å². The summed E-state index contributed by atoms with van der Waals surface area (Å²) in [6, 6.07) is 6.14. The fourth-order valence-corrected chi connectivity index (χ4v) is 2.97. The highest BCUT2D eigenvalue weighted by atomic mass is 19.1. The highest BCUT2D eigenvalue weighted by molar-refractivity contribution is 5.95. The minimum absolute atomic E-state index is 0.151. The molecule has 3 rings (SSSR count). The van der Waals surface area contributed by atoms with Gasteiger partial charge in [-0.15, -0.1) is 0 Å². The summed E-state index contributed by atoms with van der Waals surface area (Å²) in [5.41, 5.74) is 1.12. The number of carbonyl (C=O) groups is 1. The van der Waals surface area contributed by atoms with E-state index >= 15 is 0 Å². The third kappa shape index (κ3) is 3.64. The second-order valence-corrected chi connectivity index (χ2v) is 6.64. The van der Waals surface area contributed by atoms with Crippen LogP contribution in [0.15, 0.2) is 35.3 Å². The van der Waals surface area contributed by atoms with Gasteiger partial charge < -0.3 is 14.6 Å². The van der Waals surface area contributed by atoms with Crippen molar-refractivity contribution in [3.8, 4) is 5.75 Å². The number of hydrogen-bond donors (Lipinski definition) is 1. The summed E-state index contributed by atoms with van der Waals surface area (Å²) >= 11 is 0. The van der Waals surface area contributed by atoms with E-state index in [2.05, 4.69) is 5.32 Å². The molecule has 1 aromatic carbocycles. The second-order valence-electron chi connectivity index (χ2n) is 6.64. The number of pyridine rings is 1. The van der Waals surface area contributed by atoms with E-state index in [1.165, 1.54) is 6.07 Å². The molecule has 1 saturated carbocycles. The molecule has 1 fully saturated rings. The van der Waals surface area contributed by atoms with Crippen molar-refractivity contribution in [3.05, 3.63) is 63.3 Å². The first-order chi connectivity index (χ1) is 12.4. The molecular weight excluding hydrogens is 335 g/mol. The molecule has 1 aliphatic carbocycles. The number of ether oxygens (including phenoxy) is 1. The van der Waals surface area contributed by atoms with Crippen LogP contribution < -0.4 is 15.6 Å². The second kappa shape index (κ2) is 7.32. The Labute approximate surface area is 151 Å². The molecule has 1 atom stereocenters. The first-order valence-corrected chi connectivity index (χ1v) is 8.87. The maximum absolute atomic E-state index is 14.0. The number of rotatable bonds is 6. The maximum atomic E-state index is 14.0. The normalized spacial score (nSPS) is 14.8. The molecule has 0 saturated heterocycles. The van der Waals surface area contributed by atoms with Crippen LogP contribution in [-0.2, 0) is 0 Å². The Bertz CT molecular complexity index is 887. The number of halogens is 1. The summed E-state index contributed by atoms with van der Waals surface area (Å²) in [4.78, 5) is 25.3. The Hall–Kier alpha value is -2.63. The average molecular weight is 358 g/mol. The zero-order valence-electron chi connectivity index (χ0n) is 15.2. The Kier molecular flexibility index (Phi) is 5.11. The molecule has 1 aromatic heterocycles. The molecule has 26 heavy (non-hydrogen) atoms. The van der Waals surface area contributed by atoms with Crippen LogP contribution in [0.4, 0.5) is 4.39 Å². The van der Waals surface area contributed by atoms with Crippen molar-refractivity contribution in [3.63, 3.8) is 0 Å². The number of carbonyl (C=O) groups excluding carboxylic acids is 1. The van der Waals surface area contributed by atoms with Crippen LogP contribution in [0.3, 0.4) is 0 Å². The average Bonchev–Trinajstić information content (AvgIpc) is 3.41. The van der Waals surface area contributed by atoms with Crippen LogP contribution in [0, 0.1) is 12.7 Å². The van der Waals surface area contributed by atoms with Crippen molar-refractivity contribution in [1.82, 2.24) is 9.88 Å². The molecule has 0 radical (unpaired) electrons. The van der Waals surface area contributed by atoms with E-state index in [0.717, 1.165) is 12.8 Å². The topological polar surface area (TPSA) is 60.3 Å². The smallest absolute Gasteiger partial charge is 0.263 e. The molecule has 5 nitrogen and oxygen atoms in total. The van der Waals surface area contributed by atoms with Gasteiger partial charge in [0, 0.05) is 12.2 Å². The van der Waals surface area contributed by atoms with Gasteiger partial charge >= 0.3 is 0 Å². The number of nitrogens with one attached hydrogen (secondary N) is 1. The number of benzene rings is 1. The minimum atomic E-state index is -0.475. The zero-order valence-corrected chi connectivity index (χ0v) is 15.2. The molecule has 6 heteroatoms. The van der Waals surface area contributed by atoms with Gasteiger partial charge in [-0.1, -0.05) is 6.07 Å². The molecule has 2 aromatic rings. The Balaban J connectivity index is 1.81. The Morgan fingerprint density at radius 2 is 2.12 bits per heavy atom. The van der Waals surface area contributed by atoms with Crippen molar-refractivity contribution >= 4 is 5.91 Å². The number of aromatic nitrogens is 1. The van der Waals surface area contributed by atoms with Crippen LogP contribution in [0.25, 0.3) is 0 Å². The van der Waals surface area contributed by atoms with Crippen molar-refractivity contribution < 1.29 is 13.9 Å². The third-order valence-corrected chi connectivity index (χ3v) is 4.60. The van der Waals surface area contributed by atoms with Crippen molar-refractivity contribution in [1.29, 1.82) is 0 Å². The van der Waals surface area contributed by atoms with Crippen LogP contribution in [-0.4, -0.2) is 17.1 Å². The Morgan fingerprint density at radius 3 is 2.73 bits per heavy atom. The summed E-state index contributed by atoms with van der Waals surface area (Å²) in [7, 11) is 0. The predicted molar refractivity (Wildman–Crippen MR) is 97.2 cm³/mol. The van der Waals surface area contributed by atoms with Gasteiger partial charge in [0.2, 0.25) is 0 Å². The van der Waals surface area contributed by atoms with E-state index in [1.807, 2.05) is 0 Å². The summed E-state index contributed by atoms with van der Waals surface area (Å²) in [5.74, 6) is -0.734. The van der Waals surface area contributed by atoms with Crippen LogP contribution in [0.5, 0.6) is 5.75 Å². The first kappa shape index (κ1) is 18.2. The van der Waals surface area contributed by atoms with Gasteiger partial charge in [0.15, 0.2) is 11.6 Å². The SMILES string of the molecule is CCOc1ccc(C(C)NC(=O)c2c(C)ccn(C3CC3)c2=O)cc1F. The van der Waals surface area contributed by atoms with Crippen LogP contribution in [0.2, 0.25) is 0 Å². The third-order valence-electron chi connectivity index (χ3n) is 4.60. The largest absolute Gasteiger partial charge is 0.491 e. The van der Waals surface area contributed by atoms with Gasteiger partial charge in [-0.2, -0.15) is 0 Å². The van der Waals surface area contributed by atoms with E-state index in [0.29, 0.717) is 17.7 Å². The van der Waals surface area contributed by atoms with E-state index in [1.54, 1.807) is 49.7 Å². The number of amides is 1. The molecule has 0 bridgehead atoms. The summed E-state index contributed by atoms with van der Waals surface area (Å²) in [6.07, 6.45) is 3.68. The van der Waals surface area contributed by atoms with E-state index < -0.39 is 17.8 Å². The van der Waals surface area contributed by atoms with Crippen LogP contribution >= 0.6 is 0 Å². The maximum Gasteiger partial charge on any atom is 0.263 e. The van der Waals surface area contributed by atoms with Crippen molar-refractivity contribution in [2.75, 3.05) is 6.61 Å². The van der Waals surface area contributed by atoms with Gasteiger partial charge in [-0.25, -0.2) is 4.39 Å². The number of nitrogens with zero attached hydrogens (tertiary/aromatic N) is 1. The lowest BCUT2D eigenvalue weighted by Crippen LogP contribution is -2.35. The molecule has 138 valence electrons. The van der Waals surface area contributed by atoms with Crippen molar-refractivity contribution in [2.45, 2.75) is 45.7 Å². The van der Waals surface area contributed by atoms with Crippen molar-refractivity contribution in [2.24, 2.45) is 0 Å². The Morgan fingerprint density at radius 1 is 1.38 bits per heavy atom.